The van der Waals surface area contributed by atoms with Crippen LogP contribution in [0.2, 0.25) is 0 Å². The molecule has 0 radical (unpaired) electrons. The summed E-state index contributed by atoms with van der Waals surface area (Å²) >= 11 is 0. The number of benzene rings is 1. The molecule has 3 heterocycles. The molecule has 132 valence electrons. The topological polar surface area (TPSA) is 69.3 Å². The van der Waals surface area contributed by atoms with Crippen LogP contribution in [-0.2, 0) is 4.79 Å². The largest absolute Gasteiger partial charge is 0.345 e. The van der Waals surface area contributed by atoms with Crippen molar-refractivity contribution < 1.29 is 9.59 Å². The van der Waals surface area contributed by atoms with E-state index in [1.54, 1.807) is 13.3 Å². The molecule has 6 nitrogen and oxygen atoms in total. The molecule has 0 saturated carbocycles. The van der Waals surface area contributed by atoms with Crippen molar-refractivity contribution in [3.8, 4) is 0 Å². The van der Waals surface area contributed by atoms with Gasteiger partial charge < -0.3 is 14.8 Å². The maximum atomic E-state index is 12.8. The fourth-order valence-electron chi connectivity index (χ4n) is 4.32. The summed E-state index contributed by atoms with van der Waals surface area (Å²) in [6.07, 6.45) is 5.85. The van der Waals surface area contributed by atoms with Gasteiger partial charge >= 0.3 is 0 Å². The van der Waals surface area contributed by atoms with Crippen molar-refractivity contribution in [1.82, 2.24) is 19.8 Å². The zero-order valence-corrected chi connectivity index (χ0v) is 14.6. The normalized spacial score (nSPS) is 20.2. The summed E-state index contributed by atoms with van der Waals surface area (Å²) in [6.45, 7) is 4.93. The summed E-state index contributed by atoms with van der Waals surface area (Å²) in [4.78, 5) is 35.7. The van der Waals surface area contributed by atoms with Crippen molar-refractivity contribution in [1.29, 1.82) is 0 Å². The Labute approximate surface area is 147 Å². The van der Waals surface area contributed by atoms with Crippen molar-refractivity contribution in [3.63, 3.8) is 0 Å². The van der Waals surface area contributed by atoms with Gasteiger partial charge in [-0.3, -0.25) is 9.59 Å². The minimum Gasteiger partial charge on any atom is -0.345 e. The van der Waals surface area contributed by atoms with E-state index >= 15 is 0 Å². The SMILES string of the molecule is CC(=O)N1CCCC2(CCN(C(=O)c3ccc4nc[nH]c4c3)CC2)C1. The zero-order chi connectivity index (χ0) is 17.4. The number of hydrogen-bond acceptors (Lipinski definition) is 3. The van der Waals surface area contributed by atoms with Gasteiger partial charge in [0.05, 0.1) is 17.4 Å². The number of imidazole rings is 1. The Bertz CT molecular complexity index is 805. The minimum absolute atomic E-state index is 0.0885. The van der Waals surface area contributed by atoms with Crippen LogP contribution in [-0.4, -0.2) is 57.8 Å². The molecule has 4 rings (SSSR count). The second-order valence-corrected chi connectivity index (χ2v) is 7.47. The third-order valence-corrected chi connectivity index (χ3v) is 5.89. The second-order valence-electron chi connectivity index (χ2n) is 7.47. The van der Waals surface area contributed by atoms with Crippen LogP contribution in [0.5, 0.6) is 0 Å². The molecular formula is C19H24N4O2. The van der Waals surface area contributed by atoms with E-state index in [1.165, 1.54) is 6.42 Å². The highest BCUT2D eigenvalue weighted by Crippen LogP contribution is 2.40. The number of aromatic nitrogens is 2. The Kier molecular flexibility index (Phi) is 3.98. The fourth-order valence-corrected chi connectivity index (χ4v) is 4.32. The van der Waals surface area contributed by atoms with Crippen LogP contribution in [0.3, 0.4) is 0 Å². The molecule has 25 heavy (non-hydrogen) atoms. The number of H-pyrrole nitrogens is 1. The summed E-state index contributed by atoms with van der Waals surface area (Å²) in [6, 6.07) is 5.62. The summed E-state index contributed by atoms with van der Waals surface area (Å²) in [7, 11) is 0. The molecule has 2 saturated heterocycles. The highest BCUT2D eigenvalue weighted by Gasteiger charge is 2.40. The van der Waals surface area contributed by atoms with E-state index in [0.717, 1.165) is 56.5 Å². The van der Waals surface area contributed by atoms with Crippen LogP contribution in [0.1, 0.15) is 43.0 Å². The Morgan fingerprint density at radius 2 is 1.92 bits per heavy atom. The maximum absolute atomic E-state index is 12.8. The van der Waals surface area contributed by atoms with Crippen LogP contribution in [0.25, 0.3) is 11.0 Å². The van der Waals surface area contributed by atoms with E-state index in [4.69, 9.17) is 0 Å². The van der Waals surface area contributed by atoms with Crippen molar-refractivity contribution in [2.45, 2.75) is 32.6 Å². The highest BCUT2D eigenvalue weighted by molar-refractivity contribution is 5.97. The first-order valence-electron chi connectivity index (χ1n) is 9.04. The molecule has 2 aromatic rings. The molecule has 1 aromatic heterocycles. The van der Waals surface area contributed by atoms with Crippen LogP contribution in [0.15, 0.2) is 24.5 Å². The van der Waals surface area contributed by atoms with Gasteiger partial charge in [0.15, 0.2) is 0 Å². The lowest BCUT2D eigenvalue weighted by molar-refractivity contribution is -0.133. The van der Waals surface area contributed by atoms with E-state index in [1.807, 2.05) is 28.0 Å². The van der Waals surface area contributed by atoms with E-state index < -0.39 is 0 Å². The lowest BCUT2D eigenvalue weighted by Crippen LogP contribution is -2.51. The summed E-state index contributed by atoms with van der Waals surface area (Å²) in [5.74, 6) is 0.260. The monoisotopic (exact) mass is 340 g/mol. The Morgan fingerprint density at radius 3 is 2.68 bits per heavy atom. The lowest BCUT2D eigenvalue weighted by atomic mass is 9.72. The number of piperidine rings is 2. The first kappa shape index (κ1) is 16.1. The summed E-state index contributed by atoms with van der Waals surface area (Å²) < 4.78 is 0. The number of amides is 2. The average molecular weight is 340 g/mol. The van der Waals surface area contributed by atoms with Crippen molar-refractivity contribution in [2.24, 2.45) is 5.41 Å². The third-order valence-electron chi connectivity index (χ3n) is 5.89. The van der Waals surface area contributed by atoms with E-state index in [2.05, 4.69) is 9.97 Å². The molecule has 6 heteroatoms. The molecule has 0 unspecified atom stereocenters. The van der Waals surface area contributed by atoms with Gasteiger partial charge in [-0.25, -0.2) is 4.98 Å². The summed E-state index contributed by atoms with van der Waals surface area (Å²) in [5, 5.41) is 0. The fraction of sp³-hybridized carbons (Fsp3) is 0.526. The number of carbonyl (C=O) groups is 2. The summed E-state index contributed by atoms with van der Waals surface area (Å²) in [5.41, 5.74) is 2.68. The molecule has 0 aliphatic carbocycles. The van der Waals surface area contributed by atoms with Crippen molar-refractivity contribution in [3.05, 3.63) is 30.1 Å². The average Bonchev–Trinajstić information content (AvgIpc) is 3.09. The smallest absolute Gasteiger partial charge is 0.253 e. The molecule has 0 bridgehead atoms. The maximum Gasteiger partial charge on any atom is 0.253 e. The number of fused-ring (bicyclic) bond motifs is 1. The molecule has 2 amide bonds. The lowest BCUT2D eigenvalue weighted by Gasteiger charge is -2.47. The third kappa shape index (κ3) is 3.01. The predicted molar refractivity (Wildman–Crippen MR) is 95.2 cm³/mol. The standard InChI is InChI=1S/C19H24N4O2/c1-14(24)23-8-2-5-19(12-23)6-9-22(10-7-19)18(25)15-3-4-16-17(11-15)21-13-20-16/h3-4,11,13H,2,5-10,12H2,1H3,(H,20,21). The number of hydrogen-bond donors (Lipinski definition) is 1. The second kappa shape index (κ2) is 6.17. The number of carbonyl (C=O) groups excluding carboxylic acids is 2. The molecule has 1 N–H and O–H groups in total. The molecular weight excluding hydrogens is 316 g/mol. The molecule has 1 aromatic carbocycles. The van der Waals surface area contributed by atoms with Gasteiger partial charge in [0, 0.05) is 38.7 Å². The highest BCUT2D eigenvalue weighted by atomic mass is 16.2. The van der Waals surface area contributed by atoms with Crippen molar-refractivity contribution >= 4 is 22.8 Å². The quantitative estimate of drug-likeness (QED) is 0.867. The van der Waals surface area contributed by atoms with Gasteiger partial charge in [-0.05, 0) is 49.3 Å². The van der Waals surface area contributed by atoms with Crippen LogP contribution in [0, 0.1) is 5.41 Å². The van der Waals surface area contributed by atoms with Gasteiger partial charge in [-0.15, -0.1) is 0 Å². The number of nitrogens with zero attached hydrogens (tertiary/aromatic N) is 3. The van der Waals surface area contributed by atoms with Gasteiger partial charge in [0.2, 0.25) is 5.91 Å². The predicted octanol–water partition coefficient (Wildman–Crippen LogP) is 2.43. The number of nitrogens with one attached hydrogen (secondary N) is 1. The van der Waals surface area contributed by atoms with Crippen LogP contribution < -0.4 is 0 Å². The zero-order valence-electron chi connectivity index (χ0n) is 14.6. The Hall–Kier alpha value is -2.37. The number of aromatic amines is 1. The molecule has 1 spiro atoms. The number of likely N-dealkylation sites (tertiary alicyclic amines) is 2. The Balaban J connectivity index is 1.44. The van der Waals surface area contributed by atoms with E-state index in [9.17, 15) is 9.59 Å². The van der Waals surface area contributed by atoms with Crippen LogP contribution in [0.4, 0.5) is 0 Å². The first-order chi connectivity index (χ1) is 12.1. The molecule has 2 aliphatic heterocycles. The van der Waals surface area contributed by atoms with E-state index in [-0.39, 0.29) is 17.2 Å². The first-order valence-corrected chi connectivity index (χ1v) is 9.04. The van der Waals surface area contributed by atoms with Gasteiger partial charge in [-0.2, -0.15) is 0 Å². The van der Waals surface area contributed by atoms with Crippen LogP contribution >= 0.6 is 0 Å². The Morgan fingerprint density at radius 1 is 1.12 bits per heavy atom. The molecule has 2 aliphatic rings. The minimum atomic E-state index is 0.0885. The van der Waals surface area contributed by atoms with Gasteiger partial charge in [-0.1, -0.05) is 0 Å². The van der Waals surface area contributed by atoms with Gasteiger partial charge in [0.1, 0.15) is 0 Å². The number of rotatable bonds is 1. The molecule has 2 fully saturated rings. The van der Waals surface area contributed by atoms with Crippen molar-refractivity contribution in [2.75, 3.05) is 26.2 Å². The van der Waals surface area contributed by atoms with E-state index in [0.29, 0.717) is 5.56 Å². The molecule has 0 atom stereocenters. The van der Waals surface area contributed by atoms with Gasteiger partial charge in [0.25, 0.3) is 5.91 Å².